The molecular weight excluding hydrogens is 798 g/mol. The second-order valence-corrected chi connectivity index (χ2v) is 15.4. The molecule has 1 N–H and O–H groups in total. The molecule has 7 rings (SSSR count). The Hall–Kier alpha value is -3.95. The summed E-state index contributed by atoms with van der Waals surface area (Å²) in [5, 5.41) is 11.3. The molecular formula is C44H48N3O2Pt-. The Morgan fingerprint density at radius 1 is 0.840 bits per heavy atom. The van der Waals surface area contributed by atoms with E-state index < -0.39 is 0 Å². The van der Waals surface area contributed by atoms with Crippen molar-refractivity contribution in [1.82, 2.24) is 4.98 Å². The number of aryl methyl sites for hydroxylation is 1. The Morgan fingerprint density at radius 2 is 1.54 bits per heavy atom. The van der Waals surface area contributed by atoms with Crippen LogP contribution in [0.15, 0.2) is 89.9 Å². The number of amidine groups is 1. The molecule has 2 atom stereocenters. The minimum absolute atomic E-state index is 0. The van der Waals surface area contributed by atoms with Crippen molar-refractivity contribution >= 4 is 22.4 Å². The van der Waals surface area contributed by atoms with Gasteiger partial charge in [0, 0.05) is 44.0 Å². The molecule has 0 saturated carbocycles. The maximum atomic E-state index is 10.4. The van der Waals surface area contributed by atoms with Crippen molar-refractivity contribution in [1.29, 1.82) is 0 Å². The molecule has 1 aliphatic carbocycles. The van der Waals surface area contributed by atoms with Gasteiger partial charge in [0.1, 0.15) is 11.3 Å². The van der Waals surface area contributed by atoms with Gasteiger partial charge in [-0.05, 0) is 76.0 Å². The molecule has 50 heavy (non-hydrogen) atoms. The first kappa shape index (κ1) is 35.9. The van der Waals surface area contributed by atoms with Crippen molar-refractivity contribution in [3.63, 3.8) is 0 Å². The number of para-hydroxylation sites is 1. The molecule has 1 aromatic heterocycles. The van der Waals surface area contributed by atoms with Crippen molar-refractivity contribution in [3.8, 4) is 17.4 Å². The maximum absolute atomic E-state index is 10.4. The van der Waals surface area contributed by atoms with Crippen LogP contribution in [0.5, 0.6) is 17.4 Å². The smallest absolute Gasteiger partial charge is 0.217 e. The number of phenols is 1. The summed E-state index contributed by atoms with van der Waals surface area (Å²) in [4.78, 5) is 12.9. The molecule has 0 fully saturated rings. The molecule has 2 aliphatic rings. The summed E-state index contributed by atoms with van der Waals surface area (Å²) in [6.45, 7) is 18.6. The number of aliphatic imine (C=N–C) groups is 1. The Balaban J connectivity index is 0.00000432. The number of aromatic hydroxyl groups is 1. The van der Waals surface area contributed by atoms with Gasteiger partial charge in [0.15, 0.2) is 0 Å². The van der Waals surface area contributed by atoms with Crippen LogP contribution >= 0.6 is 0 Å². The molecule has 2 heterocycles. The monoisotopic (exact) mass is 845 g/mol. The summed E-state index contributed by atoms with van der Waals surface area (Å²) in [6, 6.07) is 32.7. The third-order valence-electron chi connectivity index (χ3n) is 10.5. The van der Waals surface area contributed by atoms with Crippen molar-refractivity contribution in [3.05, 3.63) is 124 Å². The molecule has 4 aromatic carbocycles. The van der Waals surface area contributed by atoms with Crippen LogP contribution in [0.1, 0.15) is 119 Å². The number of phenolic OH excluding ortho intramolecular Hbond substituents is 1. The average molecular weight is 846 g/mol. The van der Waals surface area contributed by atoms with Gasteiger partial charge in [0.25, 0.3) is 0 Å². The third-order valence-corrected chi connectivity index (χ3v) is 10.5. The van der Waals surface area contributed by atoms with Crippen LogP contribution < -0.4 is 9.64 Å². The number of fused-ring (bicyclic) bond motifs is 4. The fraction of sp³-hybridized carbons (Fsp3) is 0.364. The van der Waals surface area contributed by atoms with Crippen LogP contribution in [-0.2, 0) is 27.5 Å². The molecule has 262 valence electrons. The Kier molecular flexibility index (Phi) is 10.0. The number of nitrogens with zero attached hydrogens (tertiary/aromatic N) is 3. The molecule has 0 bridgehead atoms. The number of benzene rings is 4. The Morgan fingerprint density at radius 3 is 2.24 bits per heavy atom. The summed E-state index contributed by atoms with van der Waals surface area (Å²) in [7, 11) is 0. The van der Waals surface area contributed by atoms with E-state index in [1.807, 2.05) is 36.4 Å². The summed E-state index contributed by atoms with van der Waals surface area (Å²) >= 11 is 0. The van der Waals surface area contributed by atoms with Crippen molar-refractivity contribution in [2.75, 3.05) is 4.90 Å². The molecule has 6 heteroatoms. The molecule has 0 unspecified atom stereocenters. The van der Waals surface area contributed by atoms with E-state index in [9.17, 15) is 5.11 Å². The number of aromatic nitrogens is 1. The normalized spacial score (nSPS) is 18.1. The van der Waals surface area contributed by atoms with Gasteiger partial charge < -0.3 is 19.7 Å². The van der Waals surface area contributed by atoms with Crippen LogP contribution in [0.4, 0.5) is 5.69 Å². The SMILES string of the molecule is CC(C)c1cc(C(C)C)c(N2C(c3[c-]c(Oc4ccc5cccc(O)c5n4)ccc3)=N[C@@H]3[C@@H]2c2ccccc2CCC3(C)C)c(C(C)C)c1.[Pt]. The number of hydrogen-bond donors (Lipinski definition) is 1. The quantitative estimate of drug-likeness (QED) is 0.166. The van der Waals surface area contributed by atoms with E-state index in [1.54, 1.807) is 6.07 Å². The standard InChI is InChI=1S/C44H48N3O2.Pt/c1-26(2)32-24-35(27(3)4)40(36(25-32)28(5)6)47-41-34-17-10-9-13-29(34)21-22-44(7,8)42(41)46-43(47)31-15-11-16-33(23-31)49-38-20-19-30-14-12-18-37(48)39(30)45-38;/h9-20,24-28,41-42,48H,21-22H2,1-8H3;/q-1;/t41-,42+;/m0./s1. The predicted octanol–water partition coefficient (Wildman–Crippen LogP) is 11.2. The topological polar surface area (TPSA) is 58.0 Å². The Labute approximate surface area is 312 Å². The molecule has 5 nitrogen and oxygen atoms in total. The van der Waals surface area contributed by atoms with Crippen LogP contribution in [0, 0.1) is 11.5 Å². The van der Waals surface area contributed by atoms with Crippen LogP contribution in [-0.4, -0.2) is 22.0 Å². The second kappa shape index (κ2) is 14.0. The molecule has 0 amide bonds. The second-order valence-electron chi connectivity index (χ2n) is 15.4. The molecule has 1 aliphatic heterocycles. The van der Waals surface area contributed by atoms with E-state index in [1.165, 1.54) is 33.5 Å². The minimum Gasteiger partial charge on any atom is -0.506 e. The zero-order valence-electron chi connectivity index (χ0n) is 30.4. The van der Waals surface area contributed by atoms with Gasteiger partial charge >= 0.3 is 0 Å². The van der Waals surface area contributed by atoms with E-state index in [4.69, 9.17) is 9.73 Å². The van der Waals surface area contributed by atoms with Gasteiger partial charge in [-0.25, -0.2) is 4.98 Å². The van der Waals surface area contributed by atoms with E-state index >= 15 is 0 Å². The minimum atomic E-state index is -0.0390. The van der Waals surface area contributed by atoms with Crippen molar-refractivity contribution < 1.29 is 30.9 Å². The molecule has 5 aromatic rings. The number of rotatable bonds is 7. The van der Waals surface area contributed by atoms with Gasteiger partial charge in [-0.2, -0.15) is 0 Å². The van der Waals surface area contributed by atoms with E-state index in [2.05, 4.69) is 114 Å². The van der Waals surface area contributed by atoms with Gasteiger partial charge in [0.05, 0.1) is 17.9 Å². The average Bonchev–Trinajstić information content (AvgIpc) is 3.44. The fourth-order valence-electron chi connectivity index (χ4n) is 7.66. The van der Waals surface area contributed by atoms with E-state index in [-0.39, 0.29) is 44.3 Å². The van der Waals surface area contributed by atoms with Gasteiger partial charge in [-0.15, -0.1) is 23.8 Å². The van der Waals surface area contributed by atoms with E-state index in [0.717, 1.165) is 29.6 Å². The van der Waals surface area contributed by atoms with E-state index in [0.29, 0.717) is 34.9 Å². The summed E-state index contributed by atoms with van der Waals surface area (Å²) in [5.41, 5.74) is 9.50. The maximum Gasteiger partial charge on any atom is 0.217 e. The summed E-state index contributed by atoms with van der Waals surface area (Å²) < 4.78 is 6.33. The van der Waals surface area contributed by atoms with Gasteiger partial charge in [-0.1, -0.05) is 110 Å². The number of anilines is 1. The number of pyridine rings is 1. The number of ether oxygens (including phenoxy) is 1. The first-order valence-corrected chi connectivity index (χ1v) is 17.8. The summed E-state index contributed by atoms with van der Waals surface area (Å²) in [5.74, 6) is 3.07. The molecule has 0 saturated heterocycles. The van der Waals surface area contributed by atoms with Crippen molar-refractivity contribution in [2.45, 2.75) is 98.1 Å². The fourth-order valence-corrected chi connectivity index (χ4v) is 7.66. The van der Waals surface area contributed by atoms with Gasteiger partial charge in [-0.3, -0.25) is 0 Å². The third kappa shape index (κ3) is 6.50. The zero-order valence-corrected chi connectivity index (χ0v) is 32.7. The first-order chi connectivity index (χ1) is 23.4. The van der Waals surface area contributed by atoms with Crippen molar-refractivity contribution in [2.24, 2.45) is 10.4 Å². The summed E-state index contributed by atoms with van der Waals surface area (Å²) in [6.07, 6.45) is 2.10. The van der Waals surface area contributed by atoms with Gasteiger partial charge in [0.2, 0.25) is 5.88 Å². The number of hydrogen-bond acceptors (Lipinski definition) is 5. The van der Waals surface area contributed by atoms with Crippen LogP contribution in [0.2, 0.25) is 0 Å². The largest absolute Gasteiger partial charge is 0.506 e. The Bertz CT molecular complexity index is 2040. The zero-order chi connectivity index (χ0) is 34.6. The van der Waals surface area contributed by atoms with Crippen LogP contribution in [0.25, 0.3) is 10.9 Å². The predicted molar refractivity (Wildman–Crippen MR) is 202 cm³/mol. The van der Waals surface area contributed by atoms with Crippen LogP contribution in [0.3, 0.4) is 0 Å². The molecule has 0 spiro atoms. The molecule has 0 radical (unpaired) electrons. The first-order valence-electron chi connectivity index (χ1n) is 17.8.